The monoisotopic (exact) mass is 333 g/mol. The Labute approximate surface area is 146 Å². The van der Waals surface area contributed by atoms with Crippen LogP contribution in [0.5, 0.6) is 0 Å². The van der Waals surface area contributed by atoms with E-state index in [0.717, 1.165) is 11.1 Å². The van der Waals surface area contributed by atoms with Crippen LogP contribution in [-0.2, 0) is 11.3 Å². The lowest BCUT2D eigenvalue weighted by Crippen LogP contribution is -2.27. The zero-order valence-corrected chi connectivity index (χ0v) is 14.1. The zero-order valence-electron chi connectivity index (χ0n) is 14.1. The molecule has 1 aliphatic heterocycles. The lowest BCUT2D eigenvalue weighted by molar-refractivity contribution is -0.130. The average Bonchev–Trinajstić information content (AvgIpc) is 3.25. The van der Waals surface area contributed by atoms with Gasteiger partial charge in [-0.1, -0.05) is 59.8 Å². The van der Waals surface area contributed by atoms with Crippen molar-refractivity contribution in [3.63, 3.8) is 0 Å². The van der Waals surface area contributed by atoms with Crippen LogP contribution in [0.2, 0.25) is 0 Å². The third-order valence-corrected chi connectivity index (χ3v) is 4.69. The predicted octanol–water partition coefficient (Wildman–Crippen LogP) is 3.91. The summed E-state index contributed by atoms with van der Waals surface area (Å²) in [5.74, 6) is 1.21. The minimum Gasteiger partial charge on any atom is -0.337 e. The molecule has 0 bridgehead atoms. The van der Waals surface area contributed by atoms with Crippen molar-refractivity contribution in [2.45, 2.75) is 32.4 Å². The molecule has 1 atom stereocenters. The van der Waals surface area contributed by atoms with Crippen LogP contribution in [0.4, 0.5) is 0 Å². The van der Waals surface area contributed by atoms with E-state index in [1.165, 1.54) is 5.56 Å². The normalized spacial score (nSPS) is 17.2. The molecule has 2 aromatic carbocycles. The largest absolute Gasteiger partial charge is 0.337 e. The third-order valence-electron chi connectivity index (χ3n) is 4.69. The van der Waals surface area contributed by atoms with Crippen LogP contribution in [0.15, 0.2) is 59.1 Å². The molecule has 4 rings (SSSR count). The first-order valence-electron chi connectivity index (χ1n) is 8.45. The number of carbonyl (C=O) groups excluding carboxylic acids is 1. The fraction of sp³-hybridized carbons (Fsp3) is 0.250. The van der Waals surface area contributed by atoms with Gasteiger partial charge in [0.05, 0.1) is 0 Å². The molecule has 0 N–H and O–H groups in total. The number of aryl methyl sites for hydroxylation is 1. The molecule has 1 fully saturated rings. The highest BCUT2D eigenvalue weighted by atomic mass is 16.5. The highest BCUT2D eigenvalue weighted by Crippen LogP contribution is 2.34. The summed E-state index contributed by atoms with van der Waals surface area (Å²) >= 11 is 0. The third kappa shape index (κ3) is 3.05. The molecule has 3 aromatic rings. The summed E-state index contributed by atoms with van der Waals surface area (Å²) < 4.78 is 5.49. The molecule has 2 heterocycles. The summed E-state index contributed by atoms with van der Waals surface area (Å²) in [7, 11) is 0. The first-order valence-corrected chi connectivity index (χ1v) is 8.45. The molecule has 0 aliphatic carbocycles. The number of rotatable bonds is 4. The van der Waals surface area contributed by atoms with Crippen LogP contribution in [0.1, 0.15) is 35.9 Å². The van der Waals surface area contributed by atoms with E-state index in [0.29, 0.717) is 31.1 Å². The average molecular weight is 333 g/mol. The highest BCUT2D eigenvalue weighted by molar-refractivity contribution is 5.79. The van der Waals surface area contributed by atoms with Crippen LogP contribution >= 0.6 is 0 Å². The van der Waals surface area contributed by atoms with Gasteiger partial charge >= 0.3 is 0 Å². The van der Waals surface area contributed by atoms with E-state index >= 15 is 0 Å². The molecule has 5 nitrogen and oxygen atoms in total. The van der Waals surface area contributed by atoms with Gasteiger partial charge in [-0.15, -0.1) is 0 Å². The Morgan fingerprint density at radius 1 is 1.12 bits per heavy atom. The summed E-state index contributed by atoms with van der Waals surface area (Å²) in [5.41, 5.74) is 3.23. The fourth-order valence-corrected chi connectivity index (χ4v) is 3.23. The summed E-state index contributed by atoms with van der Waals surface area (Å²) in [5, 5.41) is 4.09. The lowest BCUT2D eigenvalue weighted by atomic mass is 10.1. The van der Waals surface area contributed by atoms with Gasteiger partial charge in [0.1, 0.15) is 6.04 Å². The van der Waals surface area contributed by atoms with Crippen molar-refractivity contribution in [1.82, 2.24) is 15.0 Å². The number of hydrogen-bond donors (Lipinski definition) is 0. The second-order valence-corrected chi connectivity index (χ2v) is 6.32. The molecule has 5 heteroatoms. The van der Waals surface area contributed by atoms with Gasteiger partial charge in [-0.05, 0) is 24.5 Å². The zero-order chi connectivity index (χ0) is 17.2. The highest BCUT2D eigenvalue weighted by Gasteiger charge is 2.36. The molecule has 1 amide bonds. The Bertz CT molecular complexity index is 889. The van der Waals surface area contributed by atoms with Crippen molar-refractivity contribution in [1.29, 1.82) is 0 Å². The molecule has 0 radical (unpaired) electrons. The number of nitrogens with zero attached hydrogens (tertiary/aromatic N) is 3. The van der Waals surface area contributed by atoms with E-state index in [4.69, 9.17) is 4.52 Å². The summed E-state index contributed by atoms with van der Waals surface area (Å²) in [6.45, 7) is 2.63. The van der Waals surface area contributed by atoms with E-state index in [2.05, 4.69) is 29.2 Å². The first-order chi connectivity index (χ1) is 12.2. The van der Waals surface area contributed by atoms with Crippen LogP contribution in [0.25, 0.3) is 11.4 Å². The number of benzene rings is 2. The van der Waals surface area contributed by atoms with Crippen molar-refractivity contribution >= 4 is 5.91 Å². The quantitative estimate of drug-likeness (QED) is 0.726. The van der Waals surface area contributed by atoms with Crippen molar-refractivity contribution in [2.75, 3.05) is 0 Å². The van der Waals surface area contributed by atoms with E-state index in [1.807, 2.05) is 47.4 Å². The molecule has 1 saturated heterocycles. The van der Waals surface area contributed by atoms with Gasteiger partial charge in [0, 0.05) is 18.5 Å². The minimum absolute atomic E-state index is 0.132. The van der Waals surface area contributed by atoms with Crippen LogP contribution < -0.4 is 0 Å². The molecule has 1 unspecified atom stereocenters. The molecule has 1 aromatic heterocycles. The fourth-order valence-electron chi connectivity index (χ4n) is 3.23. The molecular weight excluding hydrogens is 314 g/mol. The maximum Gasteiger partial charge on any atom is 0.249 e. The first kappa shape index (κ1) is 15.6. The standard InChI is InChI=1S/C20H19N3O2/c1-14-7-5-6-10-16(14)13-23-17(11-12-18(23)24)20-21-19(22-25-20)15-8-3-2-4-9-15/h2-10,17H,11-13H2,1H3. The van der Waals surface area contributed by atoms with Crippen LogP contribution in [-0.4, -0.2) is 20.9 Å². The summed E-state index contributed by atoms with van der Waals surface area (Å²) in [6, 6.07) is 17.7. The number of carbonyl (C=O) groups is 1. The maximum absolute atomic E-state index is 12.4. The van der Waals surface area contributed by atoms with Gasteiger partial charge in [-0.25, -0.2) is 0 Å². The van der Waals surface area contributed by atoms with Gasteiger partial charge in [-0.2, -0.15) is 4.98 Å². The van der Waals surface area contributed by atoms with Gasteiger partial charge in [-0.3, -0.25) is 4.79 Å². The second kappa shape index (κ2) is 6.51. The molecule has 0 saturated carbocycles. The molecular formula is C20H19N3O2. The Kier molecular flexibility index (Phi) is 4.06. The predicted molar refractivity (Wildman–Crippen MR) is 93.4 cm³/mol. The maximum atomic E-state index is 12.4. The summed E-state index contributed by atoms with van der Waals surface area (Å²) in [4.78, 5) is 18.8. The van der Waals surface area contributed by atoms with E-state index < -0.39 is 0 Å². The van der Waals surface area contributed by atoms with E-state index in [-0.39, 0.29) is 11.9 Å². The number of likely N-dealkylation sites (tertiary alicyclic amines) is 1. The molecule has 0 spiro atoms. The van der Waals surface area contributed by atoms with Crippen molar-refractivity contribution < 1.29 is 9.32 Å². The van der Waals surface area contributed by atoms with Crippen LogP contribution in [0.3, 0.4) is 0 Å². The number of aromatic nitrogens is 2. The van der Waals surface area contributed by atoms with E-state index in [9.17, 15) is 4.79 Å². The minimum atomic E-state index is -0.155. The Balaban J connectivity index is 1.60. The van der Waals surface area contributed by atoms with Crippen molar-refractivity contribution in [3.05, 3.63) is 71.6 Å². The van der Waals surface area contributed by atoms with Gasteiger partial charge in [0.25, 0.3) is 0 Å². The van der Waals surface area contributed by atoms with E-state index in [1.54, 1.807) is 0 Å². The lowest BCUT2D eigenvalue weighted by Gasteiger charge is -2.23. The number of hydrogen-bond acceptors (Lipinski definition) is 4. The van der Waals surface area contributed by atoms with Gasteiger partial charge in [0.15, 0.2) is 0 Å². The topological polar surface area (TPSA) is 59.2 Å². The van der Waals surface area contributed by atoms with Crippen molar-refractivity contribution in [3.8, 4) is 11.4 Å². The van der Waals surface area contributed by atoms with Crippen molar-refractivity contribution in [2.24, 2.45) is 0 Å². The Morgan fingerprint density at radius 3 is 2.68 bits per heavy atom. The smallest absolute Gasteiger partial charge is 0.249 e. The van der Waals surface area contributed by atoms with Crippen LogP contribution in [0, 0.1) is 6.92 Å². The van der Waals surface area contributed by atoms with Gasteiger partial charge < -0.3 is 9.42 Å². The molecule has 126 valence electrons. The molecule has 1 aliphatic rings. The SMILES string of the molecule is Cc1ccccc1CN1C(=O)CCC1c1nc(-c2ccccc2)no1. The Hall–Kier alpha value is -2.95. The number of amides is 1. The Morgan fingerprint density at radius 2 is 1.88 bits per heavy atom. The second-order valence-electron chi connectivity index (χ2n) is 6.32. The summed E-state index contributed by atoms with van der Waals surface area (Å²) in [6.07, 6.45) is 1.22. The van der Waals surface area contributed by atoms with Gasteiger partial charge in [0.2, 0.25) is 17.6 Å². The molecule has 25 heavy (non-hydrogen) atoms.